The number of nitrogens with one attached hydrogen (secondary N) is 2. The highest BCUT2D eigenvalue weighted by Crippen LogP contribution is 2.25. The van der Waals surface area contributed by atoms with E-state index in [0.717, 1.165) is 43.7 Å². The number of carbonyl (C=O) groups is 2. The van der Waals surface area contributed by atoms with Gasteiger partial charge in [-0.2, -0.15) is 11.8 Å². The Morgan fingerprint density at radius 3 is 2.76 bits per heavy atom. The van der Waals surface area contributed by atoms with Crippen molar-refractivity contribution < 1.29 is 14.3 Å². The van der Waals surface area contributed by atoms with Crippen LogP contribution in [0.1, 0.15) is 31.7 Å². The Bertz CT molecular complexity index is 545. The molecule has 2 N–H and O–H groups in total. The van der Waals surface area contributed by atoms with E-state index in [0.29, 0.717) is 13.2 Å². The maximum atomic E-state index is 12.7. The molecule has 138 valence electrons. The number of rotatable bonds is 10. The van der Waals surface area contributed by atoms with Crippen molar-refractivity contribution in [2.45, 2.75) is 38.1 Å². The molecule has 1 saturated heterocycles. The van der Waals surface area contributed by atoms with Crippen LogP contribution < -0.4 is 10.6 Å². The predicted molar refractivity (Wildman–Crippen MR) is 102 cm³/mol. The molecule has 1 heterocycles. The van der Waals surface area contributed by atoms with E-state index in [1.54, 1.807) is 11.8 Å². The van der Waals surface area contributed by atoms with Gasteiger partial charge in [-0.15, -0.1) is 0 Å². The first kappa shape index (κ1) is 19.8. The molecule has 1 aliphatic rings. The Kier molecular flexibility index (Phi) is 8.28. The highest BCUT2D eigenvalue weighted by Gasteiger charge is 2.39. The Labute approximate surface area is 154 Å². The third-order valence-electron chi connectivity index (χ3n) is 4.43. The van der Waals surface area contributed by atoms with E-state index in [1.807, 2.05) is 18.2 Å². The Morgan fingerprint density at radius 1 is 1.28 bits per heavy atom. The SMILES string of the molecule is CC(=O)OCCSCCC1(C(=O)NCCc2ccccc2)CCCN1. The largest absolute Gasteiger partial charge is 0.465 e. The van der Waals surface area contributed by atoms with Gasteiger partial charge in [0.2, 0.25) is 5.91 Å². The van der Waals surface area contributed by atoms with Crippen LogP contribution in [0.4, 0.5) is 0 Å². The summed E-state index contributed by atoms with van der Waals surface area (Å²) in [6.45, 7) is 3.40. The maximum Gasteiger partial charge on any atom is 0.302 e. The molecular formula is C19H28N2O3S. The molecule has 1 aliphatic heterocycles. The number of thioether (sulfide) groups is 1. The van der Waals surface area contributed by atoms with Crippen molar-refractivity contribution in [1.82, 2.24) is 10.6 Å². The van der Waals surface area contributed by atoms with Crippen LogP contribution in [-0.2, 0) is 20.7 Å². The van der Waals surface area contributed by atoms with Crippen molar-refractivity contribution in [3.8, 4) is 0 Å². The smallest absolute Gasteiger partial charge is 0.302 e. The highest BCUT2D eigenvalue weighted by atomic mass is 32.2. The molecule has 0 radical (unpaired) electrons. The van der Waals surface area contributed by atoms with E-state index in [1.165, 1.54) is 12.5 Å². The van der Waals surface area contributed by atoms with Crippen molar-refractivity contribution >= 4 is 23.6 Å². The third-order valence-corrected chi connectivity index (χ3v) is 5.37. The second-order valence-electron chi connectivity index (χ2n) is 6.31. The molecule has 6 heteroatoms. The fourth-order valence-electron chi connectivity index (χ4n) is 3.05. The summed E-state index contributed by atoms with van der Waals surface area (Å²) >= 11 is 1.72. The summed E-state index contributed by atoms with van der Waals surface area (Å²) in [4.78, 5) is 23.4. The van der Waals surface area contributed by atoms with Gasteiger partial charge in [-0.3, -0.25) is 9.59 Å². The zero-order valence-corrected chi connectivity index (χ0v) is 15.7. The van der Waals surface area contributed by atoms with Crippen molar-refractivity contribution in [1.29, 1.82) is 0 Å². The van der Waals surface area contributed by atoms with Crippen LogP contribution in [0.2, 0.25) is 0 Å². The minimum absolute atomic E-state index is 0.113. The summed E-state index contributed by atoms with van der Waals surface area (Å²) in [5, 5.41) is 6.52. The van der Waals surface area contributed by atoms with Crippen LogP contribution in [0, 0.1) is 0 Å². The summed E-state index contributed by atoms with van der Waals surface area (Å²) in [5.74, 6) is 1.51. The summed E-state index contributed by atoms with van der Waals surface area (Å²) in [6, 6.07) is 10.2. The molecule has 1 unspecified atom stereocenters. The molecule has 0 bridgehead atoms. The van der Waals surface area contributed by atoms with Crippen molar-refractivity contribution in [2.75, 3.05) is 31.2 Å². The summed E-state index contributed by atoms with van der Waals surface area (Å²) in [7, 11) is 0. The molecule has 0 spiro atoms. The number of benzene rings is 1. The van der Waals surface area contributed by atoms with Gasteiger partial charge < -0.3 is 15.4 Å². The molecule has 25 heavy (non-hydrogen) atoms. The first-order chi connectivity index (χ1) is 12.1. The zero-order valence-electron chi connectivity index (χ0n) is 14.9. The Balaban J connectivity index is 1.72. The Hall–Kier alpha value is -1.53. The molecule has 1 fully saturated rings. The molecule has 0 aromatic heterocycles. The van der Waals surface area contributed by atoms with E-state index in [-0.39, 0.29) is 11.9 Å². The maximum absolute atomic E-state index is 12.7. The second-order valence-corrected chi connectivity index (χ2v) is 7.53. The fraction of sp³-hybridized carbons (Fsp3) is 0.579. The van der Waals surface area contributed by atoms with Gasteiger partial charge in [0, 0.05) is 19.2 Å². The molecule has 1 amide bonds. The topological polar surface area (TPSA) is 67.4 Å². The summed E-state index contributed by atoms with van der Waals surface area (Å²) < 4.78 is 4.93. The number of hydrogen-bond donors (Lipinski definition) is 2. The normalized spacial score (nSPS) is 19.6. The van der Waals surface area contributed by atoms with Crippen molar-refractivity contribution in [3.05, 3.63) is 35.9 Å². The Morgan fingerprint density at radius 2 is 2.08 bits per heavy atom. The van der Waals surface area contributed by atoms with Crippen LogP contribution in [0.5, 0.6) is 0 Å². The van der Waals surface area contributed by atoms with Crippen LogP contribution in [-0.4, -0.2) is 48.6 Å². The van der Waals surface area contributed by atoms with Gasteiger partial charge in [-0.05, 0) is 43.5 Å². The molecule has 1 aromatic carbocycles. The number of amides is 1. The first-order valence-corrected chi connectivity index (χ1v) is 10.1. The minimum atomic E-state index is -0.439. The van der Waals surface area contributed by atoms with Crippen molar-refractivity contribution in [3.63, 3.8) is 0 Å². The van der Waals surface area contributed by atoms with Crippen LogP contribution in [0.25, 0.3) is 0 Å². The molecular weight excluding hydrogens is 336 g/mol. The zero-order chi connectivity index (χ0) is 18.0. The predicted octanol–water partition coefficient (Wildman–Crippen LogP) is 2.15. The standard InChI is InChI=1S/C19H28N2O3S/c1-16(22)24-13-15-25-14-10-19(9-5-11-21-19)18(23)20-12-8-17-6-3-2-4-7-17/h2-4,6-7,21H,5,8-15H2,1H3,(H,20,23). The van der Waals surface area contributed by atoms with Gasteiger partial charge in [0.25, 0.3) is 0 Å². The minimum Gasteiger partial charge on any atom is -0.465 e. The van der Waals surface area contributed by atoms with Gasteiger partial charge in [0.1, 0.15) is 6.61 Å². The van der Waals surface area contributed by atoms with Crippen LogP contribution >= 0.6 is 11.8 Å². The molecule has 1 atom stereocenters. The van der Waals surface area contributed by atoms with E-state index < -0.39 is 5.54 Å². The van der Waals surface area contributed by atoms with E-state index >= 15 is 0 Å². The lowest BCUT2D eigenvalue weighted by Gasteiger charge is -2.28. The van der Waals surface area contributed by atoms with Gasteiger partial charge in [-0.25, -0.2) is 0 Å². The molecule has 5 nitrogen and oxygen atoms in total. The van der Waals surface area contributed by atoms with Gasteiger partial charge in [0.05, 0.1) is 5.54 Å². The quantitative estimate of drug-likeness (QED) is 0.492. The average molecular weight is 365 g/mol. The average Bonchev–Trinajstić information content (AvgIpc) is 3.09. The summed E-state index contributed by atoms with van der Waals surface area (Å²) in [5.41, 5.74) is 0.794. The van der Waals surface area contributed by atoms with Crippen molar-refractivity contribution in [2.24, 2.45) is 0 Å². The second kappa shape index (κ2) is 10.5. The van der Waals surface area contributed by atoms with Crippen LogP contribution in [0.3, 0.4) is 0 Å². The molecule has 0 aliphatic carbocycles. The van der Waals surface area contributed by atoms with Gasteiger partial charge in [-0.1, -0.05) is 30.3 Å². The highest BCUT2D eigenvalue weighted by molar-refractivity contribution is 7.99. The number of ether oxygens (including phenoxy) is 1. The van der Waals surface area contributed by atoms with E-state index in [2.05, 4.69) is 22.8 Å². The number of esters is 1. The van der Waals surface area contributed by atoms with E-state index in [4.69, 9.17) is 4.74 Å². The van der Waals surface area contributed by atoms with Gasteiger partial charge >= 0.3 is 5.97 Å². The van der Waals surface area contributed by atoms with E-state index in [9.17, 15) is 9.59 Å². The number of hydrogen-bond acceptors (Lipinski definition) is 5. The monoisotopic (exact) mass is 364 g/mol. The van der Waals surface area contributed by atoms with Crippen LogP contribution in [0.15, 0.2) is 30.3 Å². The lowest BCUT2D eigenvalue weighted by molar-refractivity contribution is -0.140. The van der Waals surface area contributed by atoms with Gasteiger partial charge in [0.15, 0.2) is 0 Å². The lowest BCUT2D eigenvalue weighted by Crippen LogP contribution is -2.54. The first-order valence-electron chi connectivity index (χ1n) is 8.91. The lowest BCUT2D eigenvalue weighted by atomic mass is 9.93. The number of carbonyl (C=O) groups excluding carboxylic acids is 2. The molecule has 2 rings (SSSR count). The summed E-state index contributed by atoms with van der Waals surface area (Å²) in [6.07, 6.45) is 3.56. The molecule has 1 aromatic rings. The molecule has 0 saturated carbocycles. The fourth-order valence-corrected chi connectivity index (χ4v) is 3.95. The third kappa shape index (κ3) is 6.71.